The molecule has 4 rings (SSSR count). The van der Waals surface area contributed by atoms with Crippen molar-refractivity contribution >= 4 is 54.2 Å². The first-order valence-electron chi connectivity index (χ1n) is 13.8. The predicted molar refractivity (Wildman–Crippen MR) is 163 cm³/mol. The van der Waals surface area contributed by atoms with E-state index in [1.807, 2.05) is 39.8 Å². The number of hydrogen-bond acceptors (Lipinski definition) is 7. The quantitative estimate of drug-likeness (QED) is 0.266. The summed E-state index contributed by atoms with van der Waals surface area (Å²) in [5.74, 6) is 0.186. The van der Waals surface area contributed by atoms with E-state index in [1.54, 1.807) is 39.5 Å². The molecule has 1 aliphatic rings. The minimum atomic E-state index is -3.68. The monoisotopic (exact) mass is 606 g/mol. The van der Waals surface area contributed by atoms with E-state index in [1.165, 1.54) is 11.3 Å². The van der Waals surface area contributed by atoms with Gasteiger partial charge in [0.25, 0.3) is 5.91 Å². The second-order valence-corrected chi connectivity index (χ2v) is 14.4. The fourth-order valence-electron chi connectivity index (χ4n) is 4.72. The third kappa shape index (κ3) is 7.80. The van der Waals surface area contributed by atoms with Gasteiger partial charge in [0.1, 0.15) is 0 Å². The molecule has 1 saturated heterocycles. The van der Waals surface area contributed by atoms with Gasteiger partial charge in [-0.1, -0.05) is 50.6 Å². The number of ether oxygens (including phenoxy) is 1. The first-order valence-corrected chi connectivity index (χ1v) is 16.5. The number of fused-ring (bicyclic) bond motifs is 1. The van der Waals surface area contributed by atoms with Gasteiger partial charge in [-0.25, -0.2) is 13.4 Å². The van der Waals surface area contributed by atoms with Crippen LogP contribution in [0.3, 0.4) is 0 Å². The summed E-state index contributed by atoms with van der Waals surface area (Å²) in [7, 11) is -3.68. The maximum Gasteiger partial charge on any atom is 0.260 e. The molecule has 0 saturated carbocycles. The lowest BCUT2D eigenvalue weighted by molar-refractivity contribution is 0.0376. The van der Waals surface area contributed by atoms with Crippen LogP contribution in [0.15, 0.2) is 47.4 Å². The Labute approximate surface area is 246 Å². The number of amides is 1. The average Bonchev–Trinajstić information content (AvgIpc) is 3.33. The summed E-state index contributed by atoms with van der Waals surface area (Å²) < 4.78 is 34.8. The van der Waals surface area contributed by atoms with Crippen LogP contribution in [0, 0.1) is 11.8 Å². The van der Waals surface area contributed by atoms with Gasteiger partial charge >= 0.3 is 0 Å². The summed E-state index contributed by atoms with van der Waals surface area (Å²) in [5.41, 5.74) is 1.20. The maximum atomic E-state index is 13.8. The fourth-order valence-corrected chi connectivity index (χ4v) is 7.76. The van der Waals surface area contributed by atoms with Crippen molar-refractivity contribution in [3.8, 4) is 0 Å². The average molecular weight is 607 g/mol. The van der Waals surface area contributed by atoms with Crippen molar-refractivity contribution < 1.29 is 17.9 Å². The Hall–Kier alpha value is -2.08. The third-order valence-corrected chi connectivity index (χ3v) is 9.77. The summed E-state index contributed by atoms with van der Waals surface area (Å²) in [6.45, 7) is 13.5. The van der Waals surface area contributed by atoms with Crippen molar-refractivity contribution in [1.82, 2.24) is 14.2 Å². The Balaban J connectivity index is 1.57. The molecule has 3 aromatic rings. The number of benzene rings is 2. The molecule has 2 heterocycles. The number of carbonyl (C=O) groups is 1. The topological polar surface area (TPSA) is 83.1 Å². The molecule has 0 N–H and O–H groups in total. The van der Waals surface area contributed by atoms with Gasteiger partial charge in [0.05, 0.1) is 28.3 Å². The Morgan fingerprint density at radius 1 is 1.05 bits per heavy atom. The van der Waals surface area contributed by atoms with Crippen molar-refractivity contribution in [2.45, 2.75) is 39.0 Å². The fraction of sp³-hybridized carbons (Fsp3) is 0.517. The summed E-state index contributed by atoms with van der Waals surface area (Å²) in [4.78, 5) is 22.8. The molecule has 40 heavy (non-hydrogen) atoms. The zero-order chi connectivity index (χ0) is 28.9. The number of sulfonamides is 1. The molecule has 1 aliphatic heterocycles. The highest BCUT2D eigenvalue weighted by Crippen LogP contribution is 2.32. The van der Waals surface area contributed by atoms with Crippen LogP contribution < -0.4 is 4.90 Å². The lowest BCUT2D eigenvalue weighted by atomic mass is 10.2. The van der Waals surface area contributed by atoms with Gasteiger partial charge in [-0.15, -0.1) is 0 Å². The van der Waals surface area contributed by atoms with E-state index in [4.69, 9.17) is 21.3 Å². The summed E-state index contributed by atoms with van der Waals surface area (Å²) in [5, 5.41) is 1.22. The minimum absolute atomic E-state index is 0.193. The van der Waals surface area contributed by atoms with Crippen molar-refractivity contribution in [3.63, 3.8) is 0 Å². The Morgan fingerprint density at radius 3 is 2.33 bits per heavy atom. The smallest absolute Gasteiger partial charge is 0.260 e. The molecule has 0 radical (unpaired) electrons. The molecule has 8 nitrogen and oxygen atoms in total. The number of carbonyl (C=O) groups excluding carboxylic acids is 1. The number of morpholine rings is 1. The Kier molecular flexibility index (Phi) is 10.6. The van der Waals surface area contributed by atoms with E-state index in [9.17, 15) is 13.2 Å². The SMILES string of the molecule is CC(C)CN(CC(C)C)S(=O)(=O)c1ccc(C(=O)N(CCCN2CCOCC2)c2nc3ccc(Cl)cc3s2)cc1. The van der Waals surface area contributed by atoms with Gasteiger partial charge < -0.3 is 4.74 Å². The Morgan fingerprint density at radius 2 is 1.70 bits per heavy atom. The van der Waals surface area contributed by atoms with E-state index < -0.39 is 10.0 Å². The van der Waals surface area contributed by atoms with Gasteiger partial charge in [-0.05, 0) is 60.7 Å². The summed E-state index contributed by atoms with van der Waals surface area (Å²) >= 11 is 7.62. The van der Waals surface area contributed by atoms with E-state index in [2.05, 4.69) is 4.90 Å². The first kappa shape index (κ1) is 30.9. The van der Waals surface area contributed by atoms with E-state index in [-0.39, 0.29) is 22.6 Å². The normalized spacial score (nSPS) is 15.0. The van der Waals surface area contributed by atoms with Crippen LogP contribution >= 0.6 is 22.9 Å². The van der Waals surface area contributed by atoms with Crippen LogP contribution in [-0.2, 0) is 14.8 Å². The van der Waals surface area contributed by atoms with Gasteiger partial charge in [0, 0.05) is 49.9 Å². The molecule has 1 aromatic heterocycles. The van der Waals surface area contributed by atoms with Crippen molar-refractivity contribution in [3.05, 3.63) is 53.1 Å². The molecular formula is C29H39ClN4O4S2. The predicted octanol–water partition coefficient (Wildman–Crippen LogP) is 5.62. The first-order chi connectivity index (χ1) is 19.0. The minimum Gasteiger partial charge on any atom is -0.379 e. The highest BCUT2D eigenvalue weighted by molar-refractivity contribution is 7.89. The molecule has 0 bridgehead atoms. The van der Waals surface area contributed by atoms with Gasteiger partial charge in [0.2, 0.25) is 10.0 Å². The number of anilines is 1. The molecule has 1 amide bonds. The van der Waals surface area contributed by atoms with Crippen LogP contribution in [0.2, 0.25) is 5.02 Å². The number of thiazole rings is 1. The van der Waals surface area contributed by atoms with Crippen LogP contribution in [0.5, 0.6) is 0 Å². The van der Waals surface area contributed by atoms with Gasteiger partial charge in [0.15, 0.2) is 5.13 Å². The Bertz CT molecular complexity index is 1380. The third-order valence-electron chi connectivity index (χ3n) is 6.65. The van der Waals surface area contributed by atoms with Crippen LogP contribution in [0.1, 0.15) is 44.5 Å². The molecule has 0 aliphatic carbocycles. The second kappa shape index (κ2) is 13.7. The van der Waals surface area contributed by atoms with Gasteiger partial charge in [-0.2, -0.15) is 4.31 Å². The molecule has 1 fully saturated rings. The summed E-state index contributed by atoms with van der Waals surface area (Å²) in [6, 6.07) is 11.8. The number of nitrogens with zero attached hydrogens (tertiary/aromatic N) is 4. The number of aromatic nitrogens is 1. The standard InChI is InChI=1S/C29H39ClN4O4S2/c1-21(2)19-33(20-22(3)4)40(36,37)25-9-6-23(7-10-25)28(35)34(13-5-12-32-14-16-38-17-15-32)29-31-26-11-8-24(30)18-27(26)39-29/h6-11,18,21-22H,5,12-17,19-20H2,1-4H3. The lowest BCUT2D eigenvalue weighted by Gasteiger charge is -2.28. The zero-order valence-corrected chi connectivity index (χ0v) is 26.1. The molecule has 0 unspecified atom stereocenters. The zero-order valence-electron chi connectivity index (χ0n) is 23.7. The number of rotatable bonds is 12. The molecule has 2 aromatic carbocycles. The largest absolute Gasteiger partial charge is 0.379 e. The van der Waals surface area contributed by atoms with Crippen molar-refractivity contribution in [2.24, 2.45) is 11.8 Å². The highest BCUT2D eigenvalue weighted by Gasteiger charge is 2.27. The van der Waals surface area contributed by atoms with Crippen LogP contribution in [-0.4, -0.2) is 81.0 Å². The molecule has 218 valence electrons. The van der Waals surface area contributed by atoms with E-state index >= 15 is 0 Å². The van der Waals surface area contributed by atoms with Gasteiger partial charge in [-0.3, -0.25) is 14.6 Å². The molecule has 0 atom stereocenters. The van der Waals surface area contributed by atoms with Crippen LogP contribution in [0.4, 0.5) is 5.13 Å². The van der Waals surface area contributed by atoms with Crippen LogP contribution in [0.25, 0.3) is 10.2 Å². The lowest BCUT2D eigenvalue weighted by Crippen LogP contribution is -2.39. The maximum absolute atomic E-state index is 13.8. The molecule has 11 heteroatoms. The molecule has 0 spiro atoms. The van der Waals surface area contributed by atoms with Crippen molar-refractivity contribution in [2.75, 3.05) is 57.4 Å². The number of halogens is 1. The van der Waals surface area contributed by atoms with E-state index in [0.717, 1.165) is 49.5 Å². The van der Waals surface area contributed by atoms with Crippen molar-refractivity contribution in [1.29, 1.82) is 0 Å². The molecular weight excluding hydrogens is 568 g/mol. The second-order valence-electron chi connectivity index (χ2n) is 11.0. The highest BCUT2D eigenvalue weighted by atomic mass is 35.5. The van der Waals surface area contributed by atoms with E-state index in [0.29, 0.717) is 35.4 Å². The summed E-state index contributed by atoms with van der Waals surface area (Å²) in [6.07, 6.45) is 0.772. The number of hydrogen-bond donors (Lipinski definition) is 0.